The number of halogens is 2. The van der Waals surface area contributed by atoms with Crippen LogP contribution in [0, 0.1) is 23.0 Å². The number of rotatable bonds is 1. The zero-order valence-electron chi connectivity index (χ0n) is 15.5. The number of aryl methyl sites for hydroxylation is 1. The molecule has 3 nitrogen and oxygen atoms in total. The number of benzene rings is 1. The fraction of sp³-hybridized carbons (Fsp3) is 0.455. The Morgan fingerprint density at radius 1 is 0.926 bits per heavy atom. The standard InChI is InChI=1S/C22H25F2N3/c23-15-11-12-16(19(24)13-15)21-17-9-7-5-3-1-2-4-6-8-10-20(17)27-22(26)18(21)14-25/h11-13H,1-10H2,(H2,26,27). The fourth-order valence-corrected chi connectivity index (χ4v) is 3.93. The van der Waals surface area contributed by atoms with Crippen molar-refractivity contribution >= 4 is 5.82 Å². The van der Waals surface area contributed by atoms with Gasteiger partial charge in [-0.15, -0.1) is 0 Å². The van der Waals surface area contributed by atoms with Crippen LogP contribution in [-0.2, 0) is 12.8 Å². The first-order chi connectivity index (χ1) is 13.1. The smallest absolute Gasteiger partial charge is 0.142 e. The molecule has 1 aliphatic carbocycles. The van der Waals surface area contributed by atoms with E-state index in [0.29, 0.717) is 5.56 Å². The Kier molecular flexibility index (Phi) is 6.39. The highest BCUT2D eigenvalue weighted by Gasteiger charge is 2.22. The molecule has 0 spiro atoms. The van der Waals surface area contributed by atoms with E-state index in [0.717, 1.165) is 55.8 Å². The Bertz CT molecular complexity index is 856. The van der Waals surface area contributed by atoms with Gasteiger partial charge in [-0.25, -0.2) is 13.8 Å². The van der Waals surface area contributed by atoms with E-state index in [2.05, 4.69) is 11.1 Å². The first-order valence-electron chi connectivity index (χ1n) is 9.78. The van der Waals surface area contributed by atoms with E-state index in [9.17, 15) is 14.0 Å². The van der Waals surface area contributed by atoms with Crippen LogP contribution in [0.2, 0.25) is 0 Å². The number of nitrogen functional groups attached to an aromatic ring is 1. The van der Waals surface area contributed by atoms with Crippen LogP contribution in [0.25, 0.3) is 11.1 Å². The predicted molar refractivity (Wildman–Crippen MR) is 103 cm³/mol. The molecule has 27 heavy (non-hydrogen) atoms. The lowest BCUT2D eigenvalue weighted by Gasteiger charge is -2.19. The summed E-state index contributed by atoms with van der Waals surface area (Å²) >= 11 is 0. The van der Waals surface area contributed by atoms with Gasteiger partial charge in [0.2, 0.25) is 0 Å². The zero-order chi connectivity index (χ0) is 19.2. The van der Waals surface area contributed by atoms with Crippen LogP contribution < -0.4 is 5.73 Å². The maximum Gasteiger partial charge on any atom is 0.142 e. The molecule has 0 saturated heterocycles. The van der Waals surface area contributed by atoms with Gasteiger partial charge in [-0.05, 0) is 43.4 Å². The summed E-state index contributed by atoms with van der Waals surface area (Å²) in [5.41, 5.74) is 8.72. The normalized spacial score (nSPS) is 15.9. The molecular weight excluding hydrogens is 344 g/mol. The monoisotopic (exact) mass is 369 g/mol. The maximum atomic E-state index is 14.6. The van der Waals surface area contributed by atoms with Gasteiger partial charge in [-0.3, -0.25) is 0 Å². The van der Waals surface area contributed by atoms with Crippen molar-refractivity contribution < 1.29 is 8.78 Å². The summed E-state index contributed by atoms with van der Waals surface area (Å²) in [6.45, 7) is 0. The Hall–Kier alpha value is -2.48. The minimum absolute atomic E-state index is 0.127. The first-order valence-corrected chi connectivity index (χ1v) is 9.78. The van der Waals surface area contributed by atoms with Gasteiger partial charge < -0.3 is 5.73 Å². The van der Waals surface area contributed by atoms with E-state index in [1.165, 1.54) is 37.8 Å². The molecule has 1 aromatic heterocycles. The molecule has 3 rings (SSSR count). The lowest BCUT2D eigenvalue weighted by atomic mass is 9.88. The van der Waals surface area contributed by atoms with Crippen molar-refractivity contribution in [1.29, 1.82) is 5.26 Å². The fourth-order valence-electron chi connectivity index (χ4n) is 3.93. The van der Waals surface area contributed by atoms with E-state index in [-0.39, 0.29) is 16.9 Å². The molecule has 0 saturated carbocycles. The third-order valence-corrected chi connectivity index (χ3v) is 5.31. The molecule has 0 bridgehead atoms. The van der Waals surface area contributed by atoms with Crippen molar-refractivity contribution in [2.75, 3.05) is 5.73 Å². The summed E-state index contributed by atoms with van der Waals surface area (Å²) in [5.74, 6) is -1.19. The molecule has 0 aliphatic heterocycles. The number of nitriles is 1. The number of hydrogen-bond acceptors (Lipinski definition) is 3. The van der Waals surface area contributed by atoms with Crippen LogP contribution in [0.4, 0.5) is 14.6 Å². The predicted octanol–water partition coefficient (Wildman–Crippen LogP) is 5.70. The average molecular weight is 369 g/mol. The van der Waals surface area contributed by atoms with Crippen molar-refractivity contribution in [1.82, 2.24) is 4.98 Å². The molecule has 0 atom stereocenters. The largest absolute Gasteiger partial charge is 0.383 e. The number of nitrogens with zero attached hydrogens (tertiary/aromatic N) is 2. The van der Waals surface area contributed by atoms with Gasteiger partial charge in [-0.1, -0.05) is 38.5 Å². The van der Waals surface area contributed by atoms with Crippen LogP contribution in [0.1, 0.15) is 68.2 Å². The maximum absolute atomic E-state index is 14.6. The summed E-state index contributed by atoms with van der Waals surface area (Å²) in [6, 6.07) is 5.57. The van der Waals surface area contributed by atoms with E-state index >= 15 is 0 Å². The third kappa shape index (κ3) is 4.44. The second-order valence-corrected chi connectivity index (χ2v) is 7.24. The first kappa shape index (κ1) is 19.3. The summed E-state index contributed by atoms with van der Waals surface area (Å²) in [5, 5.41) is 9.65. The molecule has 1 heterocycles. The number of pyridine rings is 1. The summed E-state index contributed by atoms with van der Waals surface area (Å²) in [4.78, 5) is 4.50. The number of anilines is 1. The highest BCUT2D eigenvalue weighted by atomic mass is 19.1. The Labute approximate surface area is 159 Å². The second-order valence-electron chi connectivity index (χ2n) is 7.24. The van der Waals surface area contributed by atoms with Gasteiger partial charge >= 0.3 is 0 Å². The highest BCUT2D eigenvalue weighted by Crippen LogP contribution is 2.36. The Morgan fingerprint density at radius 2 is 1.56 bits per heavy atom. The summed E-state index contributed by atoms with van der Waals surface area (Å²) in [7, 11) is 0. The molecule has 1 aliphatic rings. The number of aromatic nitrogens is 1. The van der Waals surface area contributed by atoms with Gasteiger partial charge in [0.05, 0.1) is 0 Å². The molecule has 0 amide bonds. The number of hydrogen-bond donors (Lipinski definition) is 1. The summed E-state index contributed by atoms with van der Waals surface area (Å²) < 4.78 is 28.0. The topological polar surface area (TPSA) is 62.7 Å². The van der Waals surface area contributed by atoms with Crippen molar-refractivity contribution in [2.45, 2.75) is 64.2 Å². The summed E-state index contributed by atoms with van der Waals surface area (Å²) in [6.07, 6.45) is 10.6. The van der Waals surface area contributed by atoms with Crippen LogP contribution in [-0.4, -0.2) is 4.98 Å². The molecule has 1 aromatic carbocycles. The van der Waals surface area contributed by atoms with E-state index in [1.54, 1.807) is 0 Å². The molecule has 2 aromatic rings. The lowest BCUT2D eigenvalue weighted by Crippen LogP contribution is -2.09. The quantitative estimate of drug-likeness (QED) is 0.701. The van der Waals surface area contributed by atoms with Crippen LogP contribution in [0.5, 0.6) is 0 Å². The third-order valence-electron chi connectivity index (χ3n) is 5.31. The molecule has 2 N–H and O–H groups in total. The zero-order valence-corrected chi connectivity index (χ0v) is 15.5. The Morgan fingerprint density at radius 3 is 2.19 bits per heavy atom. The molecule has 5 heteroatoms. The van der Waals surface area contributed by atoms with Crippen LogP contribution in [0.3, 0.4) is 0 Å². The van der Waals surface area contributed by atoms with Gasteiger partial charge in [0.1, 0.15) is 29.1 Å². The molecule has 0 fully saturated rings. The minimum atomic E-state index is -0.676. The van der Waals surface area contributed by atoms with Crippen molar-refractivity contribution in [3.63, 3.8) is 0 Å². The number of fused-ring (bicyclic) bond motifs is 1. The number of nitrogens with two attached hydrogens (primary N) is 1. The van der Waals surface area contributed by atoms with Gasteiger partial charge in [0.25, 0.3) is 0 Å². The lowest BCUT2D eigenvalue weighted by molar-refractivity contribution is 0.557. The van der Waals surface area contributed by atoms with E-state index < -0.39 is 11.6 Å². The molecular formula is C22H25F2N3. The van der Waals surface area contributed by atoms with Crippen LogP contribution in [0.15, 0.2) is 18.2 Å². The SMILES string of the molecule is N#Cc1c(N)nc2c(c1-c1ccc(F)cc1F)CCCCCCCCCC2. The van der Waals surface area contributed by atoms with E-state index in [4.69, 9.17) is 5.73 Å². The molecule has 0 unspecified atom stereocenters. The average Bonchev–Trinajstić information content (AvgIpc) is 2.63. The van der Waals surface area contributed by atoms with E-state index in [1.807, 2.05) is 0 Å². The molecule has 142 valence electrons. The minimum Gasteiger partial charge on any atom is -0.383 e. The molecule has 0 radical (unpaired) electrons. The van der Waals surface area contributed by atoms with Crippen molar-refractivity contribution in [3.05, 3.63) is 46.7 Å². The van der Waals surface area contributed by atoms with Crippen LogP contribution >= 0.6 is 0 Å². The second kappa shape index (κ2) is 8.94. The van der Waals surface area contributed by atoms with Gasteiger partial charge in [0, 0.05) is 22.9 Å². The highest BCUT2D eigenvalue weighted by molar-refractivity contribution is 5.79. The van der Waals surface area contributed by atoms with Gasteiger partial charge in [0.15, 0.2) is 0 Å². The van der Waals surface area contributed by atoms with Gasteiger partial charge in [-0.2, -0.15) is 5.26 Å². The Balaban J connectivity index is 2.15. The van der Waals surface area contributed by atoms with Crippen molar-refractivity contribution in [2.24, 2.45) is 0 Å². The van der Waals surface area contributed by atoms with Crippen molar-refractivity contribution in [3.8, 4) is 17.2 Å².